The Morgan fingerprint density at radius 2 is 2.06 bits per heavy atom. The molecule has 0 spiro atoms. The molecule has 0 unspecified atom stereocenters. The second kappa shape index (κ2) is 9.91. The maximum atomic E-state index is 5.37. The van der Waals surface area contributed by atoms with E-state index in [4.69, 9.17) is 9.47 Å². The lowest BCUT2D eigenvalue weighted by atomic mass is 10.2. The smallest absolute Gasteiger partial charge is 0.191 e. The Morgan fingerprint density at radius 3 is 2.72 bits per heavy atom. The molecule has 1 aliphatic rings. The van der Waals surface area contributed by atoms with Gasteiger partial charge in [0.15, 0.2) is 5.96 Å². The zero-order valence-corrected chi connectivity index (χ0v) is 11.4. The molecule has 0 aromatic heterocycles. The normalized spacial score (nSPS) is 16.2. The van der Waals surface area contributed by atoms with Gasteiger partial charge in [0.25, 0.3) is 0 Å². The molecule has 0 saturated heterocycles. The van der Waals surface area contributed by atoms with Gasteiger partial charge in [-0.3, -0.25) is 4.99 Å². The van der Waals surface area contributed by atoms with Crippen LogP contribution in [0.4, 0.5) is 0 Å². The Labute approximate surface area is 110 Å². The van der Waals surface area contributed by atoms with Crippen molar-refractivity contribution in [3.05, 3.63) is 12.2 Å². The number of hydrogen-bond acceptors (Lipinski definition) is 3. The highest BCUT2D eigenvalue weighted by Crippen LogP contribution is 2.08. The van der Waals surface area contributed by atoms with Crippen molar-refractivity contribution in [2.24, 2.45) is 4.99 Å². The quantitative estimate of drug-likeness (QED) is 0.293. The average Bonchev–Trinajstić information content (AvgIpc) is 2.86. The summed E-state index contributed by atoms with van der Waals surface area (Å²) in [6.07, 6.45) is 6.56. The van der Waals surface area contributed by atoms with E-state index in [1.165, 1.54) is 0 Å². The van der Waals surface area contributed by atoms with Gasteiger partial charge in [-0.15, -0.1) is 0 Å². The zero-order chi connectivity index (χ0) is 13.1. The van der Waals surface area contributed by atoms with Crippen LogP contribution in [-0.4, -0.2) is 52.0 Å². The van der Waals surface area contributed by atoms with Gasteiger partial charge >= 0.3 is 0 Å². The Morgan fingerprint density at radius 1 is 1.28 bits per heavy atom. The number of methoxy groups -OCH3 is 1. The standard InChI is InChI=1S/C13H25N3O2/c1-3-14-13(16-12-6-4-5-7-12)15-8-9-18-11-10-17-2/h4-5,12H,3,6-11H2,1-2H3,(H2,14,15,16). The number of rotatable bonds is 8. The Bertz CT molecular complexity index is 259. The molecule has 0 amide bonds. The van der Waals surface area contributed by atoms with E-state index in [9.17, 15) is 0 Å². The molecule has 1 aliphatic carbocycles. The van der Waals surface area contributed by atoms with Crippen molar-refractivity contribution in [1.82, 2.24) is 10.6 Å². The maximum Gasteiger partial charge on any atom is 0.191 e. The maximum absolute atomic E-state index is 5.37. The molecule has 5 nitrogen and oxygen atoms in total. The van der Waals surface area contributed by atoms with Gasteiger partial charge < -0.3 is 20.1 Å². The van der Waals surface area contributed by atoms with Crippen LogP contribution >= 0.6 is 0 Å². The van der Waals surface area contributed by atoms with Crippen molar-refractivity contribution in [3.63, 3.8) is 0 Å². The third-order valence-electron chi connectivity index (χ3n) is 2.63. The van der Waals surface area contributed by atoms with Gasteiger partial charge in [-0.2, -0.15) is 0 Å². The number of ether oxygens (including phenoxy) is 2. The first-order valence-corrected chi connectivity index (χ1v) is 6.63. The molecule has 0 aliphatic heterocycles. The molecule has 104 valence electrons. The molecule has 2 N–H and O–H groups in total. The number of nitrogens with one attached hydrogen (secondary N) is 2. The minimum Gasteiger partial charge on any atom is -0.382 e. The van der Waals surface area contributed by atoms with Crippen molar-refractivity contribution in [2.45, 2.75) is 25.8 Å². The fraction of sp³-hybridized carbons (Fsp3) is 0.769. The summed E-state index contributed by atoms with van der Waals surface area (Å²) in [6, 6.07) is 0.484. The molecule has 0 radical (unpaired) electrons. The Hall–Kier alpha value is -1.07. The van der Waals surface area contributed by atoms with Gasteiger partial charge in [0, 0.05) is 19.7 Å². The molecule has 0 bridgehead atoms. The van der Waals surface area contributed by atoms with E-state index < -0.39 is 0 Å². The lowest BCUT2D eigenvalue weighted by Gasteiger charge is -2.16. The first-order valence-electron chi connectivity index (χ1n) is 6.63. The molecule has 5 heteroatoms. The minimum absolute atomic E-state index is 0.484. The Balaban J connectivity index is 2.18. The van der Waals surface area contributed by atoms with Crippen molar-refractivity contribution in [2.75, 3.05) is 40.0 Å². The molecular weight excluding hydrogens is 230 g/mol. The number of hydrogen-bond donors (Lipinski definition) is 2. The first-order chi connectivity index (χ1) is 8.86. The van der Waals surface area contributed by atoms with Crippen molar-refractivity contribution < 1.29 is 9.47 Å². The van der Waals surface area contributed by atoms with E-state index in [1.54, 1.807) is 7.11 Å². The third-order valence-corrected chi connectivity index (χ3v) is 2.63. The molecule has 0 fully saturated rings. The number of guanidine groups is 1. The second-order valence-corrected chi connectivity index (χ2v) is 4.15. The number of nitrogens with zero attached hydrogens (tertiary/aromatic N) is 1. The predicted molar refractivity (Wildman–Crippen MR) is 74.0 cm³/mol. The summed E-state index contributed by atoms with van der Waals surface area (Å²) >= 11 is 0. The Kier molecular flexibility index (Phi) is 8.25. The zero-order valence-electron chi connectivity index (χ0n) is 11.4. The molecule has 0 aromatic rings. The summed E-state index contributed by atoms with van der Waals surface area (Å²) in [5.74, 6) is 0.876. The van der Waals surface area contributed by atoms with E-state index >= 15 is 0 Å². The highest BCUT2D eigenvalue weighted by molar-refractivity contribution is 5.80. The van der Waals surface area contributed by atoms with Crippen LogP contribution in [0.3, 0.4) is 0 Å². The molecule has 0 saturated carbocycles. The summed E-state index contributed by atoms with van der Waals surface area (Å²) in [5, 5.41) is 6.66. The average molecular weight is 255 g/mol. The topological polar surface area (TPSA) is 54.9 Å². The first kappa shape index (κ1) is 15.0. The van der Waals surface area contributed by atoms with Crippen LogP contribution < -0.4 is 10.6 Å². The van der Waals surface area contributed by atoms with Crippen LogP contribution in [0.1, 0.15) is 19.8 Å². The highest BCUT2D eigenvalue weighted by Gasteiger charge is 2.10. The lowest BCUT2D eigenvalue weighted by Crippen LogP contribution is -2.42. The summed E-state index contributed by atoms with van der Waals surface area (Å²) in [7, 11) is 1.67. The molecule has 0 heterocycles. The van der Waals surface area contributed by atoms with Crippen LogP contribution in [0.25, 0.3) is 0 Å². The van der Waals surface area contributed by atoms with Gasteiger partial charge in [-0.05, 0) is 19.8 Å². The van der Waals surface area contributed by atoms with Crippen LogP contribution in [-0.2, 0) is 9.47 Å². The van der Waals surface area contributed by atoms with Crippen LogP contribution in [0, 0.1) is 0 Å². The van der Waals surface area contributed by atoms with Crippen molar-refractivity contribution >= 4 is 5.96 Å². The van der Waals surface area contributed by atoms with E-state index in [0.29, 0.717) is 32.4 Å². The molecular formula is C13H25N3O2. The molecule has 18 heavy (non-hydrogen) atoms. The van der Waals surface area contributed by atoms with Gasteiger partial charge in [0.1, 0.15) is 0 Å². The molecule has 1 rings (SSSR count). The van der Waals surface area contributed by atoms with Crippen molar-refractivity contribution in [1.29, 1.82) is 0 Å². The summed E-state index contributed by atoms with van der Waals surface area (Å²) < 4.78 is 10.3. The summed E-state index contributed by atoms with van der Waals surface area (Å²) in [6.45, 7) is 5.50. The third kappa shape index (κ3) is 6.61. The van der Waals surface area contributed by atoms with Gasteiger partial charge in [-0.25, -0.2) is 0 Å². The summed E-state index contributed by atoms with van der Waals surface area (Å²) in [4.78, 5) is 4.48. The summed E-state index contributed by atoms with van der Waals surface area (Å²) in [5.41, 5.74) is 0. The van der Waals surface area contributed by atoms with Gasteiger partial charge in [-0.1, -0.05) is 12.2 Å². The van der Waals surface area contributed by atoms with E-state index in [-0.39, 0.29) is 0 Å². The van der Waals surface area contributed by atoms with Gasteiger partial charge in [0.05, 0.1) is 26.4 Å². The van der Waals surface area contributed by atoms with Crippen molar-refractivity contribution in [3.8, 4) is 0 Å². The lowest BCUT2D eigenvalue weighted by molar-refractivity contribution is 0.0748. The van der Waals surface area contributed by atoms with E-state index in [2.05, 4.69) is 34.7 Å². The largest absolute Gasteiger partial charge is 0.382 e. The van der Waals surface area contributed by atoms with E-state index in [1.807, 2.05) is 0 Å². The van der Waals surface area contributed by atoms with Crippen LogP contribution in [0.5, 0.6) is 0 Å². The predicted octanol–water partition coefficient (Wildman–Crippen LogP) is 0.923. The van der Waals surface area contributed by atoms with E-state index in [0.717, 1.165) is 25.3 Å². The fourth-order valence-electron chi connectivity index (χ4n) is 1.71. The second-order valence-electron chi connectivity index (χ2n) is 4.15. The molecule has 0 atom stereocenters. The SMILES string of the molecule is CCNC(=NCCOCCOC)NC1CC=CC1. The fourth-order valence-corrected chi connectivity index (χ4v) is 1.71. The highest BCUT2D eigenvalue weighted by atomic mass is 16.5. The van der Waals surface area contributed by atoms with Crippen LogP contribution in [0.2, 0.25) is 0 Å². The monoisotopic (exact) mass is 255 g/mol. The molecule has 0 aromatic carbocycles. The minimum atomic E-state index is 0.484. The van der Waals surface area contributed by atoms with Crippen LogP contribution in [0.15, 0.2) is 17.1 Å². The van der Waals surface area contributed by atoms with Gasteiger partial charge in [0.2, 0.25) is 0 Å². The number of aliphatic imine (C=N–C) groups is 1.